The zero-order chi connectivity index (χ0) is 16.2. The van der Waals surface area contributed by atoms with Crippen LogP contribution in [-0.2, 0) is 4.74 Å². The standard InChI is InChI=1S/C19H16N2O2/c1-13-7-6-10-15(11-13)17-18(19(22)23-2)21-16(12-20-17)14-8-4-3-5-9-14/h3-12H,1-2H3. The van der Waals surface area contributed by atoms with Crippen LogP contribution in [0, 0.1) is 6.92 Å². The summed E-state index contributed by atoms with van der Waals surface area (Å²) in [5, 5.41) is 0. The van der Waals surface area contributed by atoms with E-state index in [0.29, 0.717) is 11.4 Å². The molecule has 2 aromatic carbocycles. The van der Waals surface area contributed by atoms with Crippen molar-refractivity contribution in [3.63, 3.8) is 0 Å². The average Bonchev–Trinajstić information content (AvgIpc) is 2.61. The van der Waals surface area contributed by atoms with E-state index in [1.54, 1.807) is 6.20 Å². The summed E-state index contributed by atoms with van der Waals surface area (Å²) in [7, 11) is 1.35. The molecule has 0 radical (unpaired) electrons. The van der Waals surface area contributed by atoms with Gasteiger partial charge in [-0.3, -0.25) is 4.98 Å². The number of aryl methyl sites for hydroxylation is 1. The summed E-state index contributed by atoms with van der Waals surface area (Å²) in [5.74, 6) is -0.494. The number of aromatic nitrogens is 2. The minimum Gasteiger partial charge on any atom is -0.464 e. The van der Waals surface area contributed by atoms with Crippen molar-refractivity contribution < 1.29 is 9.53 Å². The van der Waals surface area contributed by atoms with Gasteiger partial charge in [0.1, 0.15) is 5.69 Å². The summed E-state index contributed by atoms with van der Waals surface area (Å²) >= 11 is 0. The lowest BCUT2D eigenvalue weighted by molar-refractivity contribution is 0.0594. The van der Waals surface area contributed by atoms with Crippen molar-refractivity contribution in [1.82, 2.24) is 9.97 Å². The molecule has 114 valence electrons. The van der Waals surface area contributed by atoms with E-state index in [1.165, 1.54) is 7.11 Å². The third-order valence-electron chi connectivity index (χ3n) is 3.51. The SMILES string of the molecule is COC(=O)c1nc(-c2ccccc2)cnc1-c1cccc(C)c1. The number of carbonyl (C=O) groups is 1. The molecule has 4 heteroatoms. The van der Waals surface area contributed by atoms with Crippen LogP contribution in [0.25, 0.3) is 22.5 Å². The van der Waals surface area contributed by atoms with Gasteiger partial charge in [0.15, 0.2) is 5.69 Å². The Morgan fingerprint density at radius 1 is 1.00 bits per heavy atom. The Hall–Kier alpha value is -3.01. The van der Waals surface area contributed by atoms with Crippen LogP contribution in [0.4, 0.5) is 0 Å². The monoisotopic (exact) mass is 304 g/mol. The van der Waals surface area contributed by atoms with Gasteiger partial charge in [-0.2, -0.15) is 0 Å². The Morgan fingerprint density at radius 2 is 1.74 bits per heavy atom. The molecule has 0 bridgehead atoms. The Morgan fingerprint density at radius 3 is 2.43 bits per heavy atom. The molecule has 3 aromatic rings. The lowest BCUT2D eigenvalue weighted by atomic mass is 10.1. The number of ether oxygens (including phenoxy) is 1. The molecule has 0 amide bonds. The first-order chi connectivity index (χ1) is 11.2. The molecule has 0 atom stereocenters. The molecule has 0 aliphatic heterocycles. The van der Waals surface area contributed by atoms with E-state index < -0.39 is 5.97 Å². The second-order valence-corrected chi connectivity index (χ2v) is 5.18. The van der Waals surface area contributed by atoms with E-state index in [9.17, 15) is 4.79 Å². The van der Waals surface area contributed by atoms with E-state index in [4.69, 9.17) is 4.74 Å². The zero-order valence-electron chi connectivity index (χ0n) is 13.0. The van der Waals surface area contributed by atoms with Gasteiger partial charge in [0.25, 0.3) is 0 Å². The largest absolute Gasteiger partial charge is 0.464 e. The zero-order valence-corrected chi connectivity index (χ0v) is 13.0. The molecule has 0 aliphatic carbocycles. The van der Waals surface area contributed by atoms with Gasteiger partial charge < -0.3 is 4.74 Å². The maximum absolute atomic E-state index is 12.2. The number of benzene rings is 2. The highest BCUT2D eigenvalue weighted by Crippen LogP contribution is 2.25. The van der Waals surface area contributed by atoms with Gasteiger partial charge in [0.05, 0.1) is 19.0 Å². The fourth-order valence-corrected chi connectivity index (χ4v) is 2.38. The summed E-state index contributed by atoms with van der Waals surface area (Å²) in [4.78, 5) is 21.1. The number of hydrogen-bond donors (Lipinski definition) is 0. The number of hydrogen-bond acceptors (Lipinski definition) is 4. The number of rotatable bonds is 3. The molecule has 4 nitrogen and oxygen atoms in total. The van der Waals surface area contributed by atoms with Crippen LogP contribution in [0.15, 0.2) is 60.8 Å². The van der Waals surface area contributed by atoms with Crippen LogP contribution in [0.1, 0.15) is 16.1 Å². The Balaban J connectivity index is 2.15. The van der Waals surface area contributed by atoms with Gasteiger partial charge in [0.2, 0.25) is 0 Å². The van der Waals surface area contributed by atoms with Crippen molar-refractivity contribution >= 4 is 5.97 Å². The molecule has 0 unspecified atom stereocenters. The second-order valence-electron chi connectivity index (χ2n) is 5.18. The summed E-state index contributed by atoms with van der Waals surface area (Å²) < 4.78 is 4.88. The van der Waals surface area contributed by atoms with Crippen molar-refractivity contribution in [2.75, 3.05) is 7.11 Å². The first-order valence-electron chi connectivity index (χ1n) is 7.27. The van der Waals surface area contributed by atoms with E-state index in [1.807, 2.05) is 61.5 Å². The van der Waals surface area contributed by atoms with Gasteiger partial charge in [0, 0.05) is 11.1 Å². The van der Waals surface area contributed by atoms with Gasteiger partial charge in [-0.15, -0.1) is 0 Å². The van der Waals surface area contributed by atoms with Gasteiger partial charge >= 0.3 is 5.97 Å². The first kappa shape index (κ1) is 14.9. The lowest BCUT2D eigenvalue weighted by Gasteiger charge is -2.09. The second kappa shape index (κ2) is 6.40. The molecule has 0 aliphatic rings. The Kier molecular flexibility index (Phi) is 4.15. The summed E-state index contributed by atoms with van der Waals surface area (Å²) in [6.45, 7) is 1.99. The Labute approximate surface area is 134 Å². The average molecular weight is 304 g/mol. The smallest absolute Gasteiger partial charge is 0.358 e. The highest BCUT2D eigenvalue weighted by atomic mass is 16.5. The van der Waals surface area contributed by atoms with E-state index in [2.05, 4.69) is 9.97 Å². The van der Waals surface area contributed by atoms with E-state index >= 15 is 0 Å². The third kappa shape index (κ3) is 3.11. The quantitative estimate of drug-likeness (QED) is 0.688. The molecular weight excluding hydrogens is 288 g/mol. The number of carbonyl (C=O) groups excluding carboxylic acids is 1. The molecule has 3 rings (SSSR count). The maximum Gasteiger partial charge on any atom is 0.358 e. The minimum atomic E-state index is -0.494. The predicted octanol–water partition coefficient (Wildman–Crippen LogP) is 3.91. The first-order valence-corrected chi connectivity index (χ1v) is 7.27. The summed E-state index contributed by atoms with van der Waals surface area (Å²) in [6.07, 6.45) is 1.68. The van der Waals surface area contributed by atoms with Crippen molar-refractivity contribution in [2.24, 2.45) is 0 Å². The van der Waals surface area contributed by atoms with E-state index in [-0.39, 0.29) is 5.69 Å². The van der Waals surface area contributed by atoms with Crippen LogP contribution in [-0.4, -0.2) is 23.0 Å². The number of nitrogens with zero attached hydrogens (tertiary/aromatic N) is 2. The van der Waals surface area contributed by atoms with Crippen molar-refractivity contribution in [1.29, 1.82) is 0 Å². The van der Waals surface area contributed by atoms with Crippen molar-refractivity contribution in [3.8, 4) is 22.5 Å². The van der Waals surface area contributed by atoms with Crippen LogP contribution in [0.5, 0.6) is 0 Å². The topological polar surface area (TPSA) is 52.1 Å². The van der Waals surface area contributed by atoms with Crippen LogP contribution in [0.3, 0.4) is 0 Å². The van der Waals surface area contributed by atoms with E-state index in [0.717, 1.165) is 16.7 Å². The van der Waals surface area contributed by atoms with Crippen LogP contribution >= 0.6 is 0 Å². The highest BCUT2D eigenvalue weighted by molar-refractivity contribution is 5.94. The molecule has 0 N–H and O–H groups in total. The number of esters is 1. The molecule has 1 aromatic heterocycles. The number of methoxy groups -OCH3 is 1. The van der Waals surface area contributed by atoms with Crippen molar-refractivity contribution in [2.45, 2.75) is 6.92 Å². The molecular formula is C19H16N2O2. The molecule has 0 saturated heterocycles. The third-order valence-corrected chi connectivity index (χ3v) is 3.51. The van der Waals surface area contributed by atoms with Gasteiger partial charge in [-0.25, -0.2) is 9.78 Å². The summed E-state index contributed by atoms with van der Waals surface area (Å²) in [5.41, 5.74) is 4.23. The maximum atomic E-state index is 12.2. The Bertz CT molecular complexity index is 845. The van der Waals surface area contributed by atoms with Gasteiger partial charge in [-0.05, 0) is 13.0 Å². The molecule has 0 saturated carbocycles. The van der Waals surface area contributed by atoms with Gasteiger partial charge in [-0.1, -0.05) is 54.1 Å². The minimum absolute atomic E-state index is 0.222. The highest BCUT2D eigenvalue weighted by Gasteiger charge is 2.18. The lowest BCUT2D eigenvalue weighted by Crippen LogP contribution is -2.09. The fourth-order valence-electron chi connectivity index (χ4n) is 2.38. The molecule has 23 heavy (non-hydrogen) atoms. The fraction of sp³-hybridized carbons (Fsp3) is 0.105. The normalized spacial score (nSPS) is 10.3. The van der Waals surface area contributed by atoms with Crippen LogP contribution < -0.4 is 0 Å². The van der Waals surface area contributed by atoms with Crippen LogP contribution in [0.2, 0.25) is 0 Å². The summed E-state index contributed by atoms with van der Waals surface area (Å²) in [6, 6.07) is 17.4. The molecule has 1 heterocycles. The van der Waals surface area contributed by atoms with Crippen molar-refractivity contribution in [3.05, 3.63) is 72.1 Å². The predicted molar refractivity (Wildman–Crippen MR) is 89.0 cm³/mol. The molecule has 0 fully saturated rings. The molecule has 0 spiro atoms.